The third-order valence-electron chi connectivity index (χ3n) is 3.67. The van der Waals surface area contributed by atoms with E-state index in [2.05, 4.69) is 10.3 Å². The molecule has 0 radical (unpaired) electrons. The molecule has 2 aromatic carbocycles. The molecule has 1 aromatic heterocycles. The van der Waals surface area contributed by atoms with Crippen molar-refractivity contribution in [1.82, 2.24) is 4.98 Å². The largest absolute Gasteiger partial charge is 0.495 e. The van der Waals surface area contributed by atoms with Crippen molar-refractivity contribution in [2.45, 2.75) is 5.03 Å². The van der Waals surface area contributed by atoms with Crippen molar-refractivity contribution in [2.75, 3.05) is 25.3 Å². The van der Waals surface area contributed by atoms with Gasteiger partial charge in [0.05, 0.1) is 41.2 Å². The van der Waals surface area contributed by atoms with Crippen molar-refractivity contribution in [3.8, 4) is 11.5 Å². The van der Waals surface area contributed by atoms with Crippen LogP contribution in [0.2, 0.25) is 5.02 Å². The Kier molecular flexibility index (Phi) is 5.85. The molecule has 3 rings (SSSR count). The molecule has 3 aromatic rings. The normalized spacial score (nSPS) is 10.6. The Morgan fingerprint density at radius 3 is 2.65 bits per heavy atom. The second kappa shape index (κ2) is 8.29. The van der Waals surface area contributed by atoms with Gasteiger partial charge in [0, 0.05) is 17.5 Å². The quantitative estimate of drug-likeness (QED) is 0.623. The number of carbonyl (C=O) groups excluding carboxylic acids is 1. The lowest BCUT2D eigenvalue weighted by Crippen LogP contribution is -2.15. The van der Waals surface area contributed by atoms with E-state index >= 15 is 0 Å². The van der Waals surface area contributed by atoms with Crippen LogP contribution in [-0.2, 0) is 4.79 Å². The van der Waals surface area contributed by atoms with E-state index in [0.717, 1.165) is 15.9 Å². The predicted molar refractivity (Wildman–Crippen MR) is 106 cm³/mol. The number of carbonyl (C=O) groups is 1. The number of benzene rings is 2. The van der Waals surface area contributed by atoms with E-state index in [1.807, 2.05) is 36.4 Å². The van der Waals surface area contributed by atoms with Crippen LogP contribution in [0, 0.1) is 0 Å². The molecule has 0 unspecified atom stereocenters. The molecule has 1 N–H and O–H groups in total. The van der Waals surface area contributed by atoms with Crippen LogP contribution in [0.15, 0.2) is 53.6 Å². The van der Waals surface area contributed by atoms with Gasteiger partial charge in [-0.15, -0.1) is 0 Å². The van der Waals surface area contributed by atoms with E-state index in [4.69, 9.17) is 21.1 Å². The lowest BCUT2D eigenvalue weighted by molar-refractivity contribution is -0.113. The zero-order chi connectivity index (χ0) is 18.5. The first kappa shape index (κ1) is 18.4. The van der Waals surface area contributed by atoms with Gasteiger partial charge < -0.3 is 14.8 Å². The molecule has 1 amide bonds. The van der Waals surface area contributed by atoms with E-state index in [0.29, 0.717) is 22.2 Å². The lowest BCUT2D eigenvalue weighted by atomic mass is 10.2. The fourth-order valence-electron chi connectivity index (χ4n) is 2.41. The van der Waals surface area contributed by atoms with Crippen LogP contribution < -0.4 is 14.8 Å². The summed E-state index contributed by atoms with van der Waals surface area (Å²) in [5.41, 5.74) is 1.41. The number of rotatable bonds is 6. The minimum absolute atomic E-state index is 0.173. The van der Waals surface area contributed by atoms with Crippen molar-refractivity contribution in [3.63, 3.8) is 0 Å². The summed E-state index contributed by atoms with van der Waals surface area (Å²) in [6.45, 7) is 0. The van der Waals surface area contributed by atoms with E-state index in [1.165, 1.54) is 26.0 Å². The van der Waals surface area contributed by atoms with E-state index < -0.39 is 0 Å². The Bertz CT molecular complexity index is 949. The molecule has 26 heavy (non-hydrogen) atoms. The maximum absolute atomic E-state index is 12.3. The van der Waals surface area contributed by atoms with Gasteiger partial charge in [-0.1, -0.05) is 47.6 Å². The summed E-state index contributed by atoms with van der Waals surface area (Å²) in [4.78, 5) is 16.9. The van der Waals surface area contributed by atoms with Crippen molar-refractivity contribution < 1.29 is 14.3 Å². The number of ether oxygens (including phenoxy) is 2. The number of hydrogen-bond acceptors (Lipinski definition) is 5. The standard InChI is InChI=1S/C19H17ClN2O3S/c1-24-16-10-15(17(25-2)9-13(16)20)21-18(23)11-26-19-8-7-12-5-3-4-6-14(12)22-19/h3-10H,11H2,1-2H3,(H,21,23). The number of aromatic nitrogens is 1. The smallest absolute Gasteiger partial charge is 0.234 e. The summed E-state index contributed by atoms with van der Waals surface area (Å²) in [7, 11) is 3.03. The van der Waals surface area contributed by atoms with Crippen molar-refractivity contribution in [1.29, 1.82) is 0 Å². The van der Waals surface area contributed by atoms with Gasteiger partial charge in [-0.25, -0.2) is 4.98 Å². The summed E-state index contributed by atoms with van der Waals surface area (Å²) in [6, 6.07) is 15.0. The SMILES string of the molecule is COc1cc(NC(=O)CSc2ccc3ccccc3n2)c(OC)cc1Cl. The van der Waals surface area contributed by atoms with Crippen molar-refractivity contribution in [2.24, 2.45) is 0 Å². The van der Waals surface area contributed by atoms with E-state index in [1.54, 1.807) is 12.1 Å². The molecule has 0 saturated carbocycles. The maximum atomic E-state index is 12.3. The third kappa shape index (κ3) is 4.20. The molecule has 0 aliphatic rings. The summed E-state index contributed by atoms with van der Waals surface area (Å²) in [6.07, 6.45) is 0. The van der Waals surface area contributed by atoms with Gasteiger partial charge in [-0.05, 0) is 12.1 Å². The Morgan fingerprint density at radius 1 is 1.12 bits per heavy atom. The summed E-state index contributed by atoms with van der Waals surface area (Å²) >= 11 is 7.44. The van der Waals surface area contributed by atoms with Crippen LogP contribution >= 0.6 is 23.4 Å². The topological polar surface area (TPSA) is 60.5 Å². The Labute approximate surface area is 160 Å². The van der Waals surface area contributed by atoms with Gasteiger partial charge in [0.1, 0.15) is 11.5 Å². The van der Waals surface area contributed by atoms with Crippen LogP contribution in [0.1, 0.15) is 0 Å². The molecule has 0 bridgehead atoms. The number of amides is 1. The number of halogens is 1. The molecule has 5 nitrogen and oxygen atoms in total. The highest BCUT2D eigenvalue weighted by atomic mass is 35.5. The van der Waals surface area contributed by atoms with Crippen molar-refractivity contribution >= 4 is 45.9 Å². The fraction of sp³-hybridized carbons (Fsp3) is 0.158. The minimum atomic E-state index is -0.173. The van der Waals surface area contributed by atoms with Gasteiger partial charge >= 0.3 is 0 Å². The van der Waals surface area contributed by atoms with Gasteiger partial charge in [0.25, 0.3) is 0 Å². The number of thioether (sulfide) groups is 1. The van der Waals surface area contributed by atoms with Crippen LogP contribution in [0.4, 0.5) is 5.69 Å². The van der Waals surface area contributed by atoms with Crippen LogP contribution in [-0.4, -0.2) is 30.9 Å². The highest BCUT2D eigenvalue weighted by molar-refractivity contribution is 7.99. The van der Waals surface area contributed by atoms with Crippen LogP contribution in [0.3, 0.4) is 0 Å². The predicted octanol–water partition coefficient (Wildman–Crippen LogP) is 4.64. The van der Waals surface area contributed by atoms with E-state index in [9.17, 15) is 4.79 Å². The first-order valence-electron chi connectivity index (χ1n) is 7.80. The summed E-state index contributed by atoms with van der Waals surface area (Å²) < 4.78 is 10.4. The maximum Gasteiger partial charge on any atom is 0.234 e. The molecule has 0 spiro atoms. The lowest BCUT2D eigenvalue weighted by Gasteiger charge is -2.13. The number of fused-ring (bicyclic) bond motifs is 1. The van der Waals surface area contributed by atoms with Crippen LogP contribution in [0.25, 0.3) is 10.9 Å². The number of para-hydroxylation sites is 1. The molecular formula is C19H17ClN2O3S. The van der Waals surface area contributed by atoms with E-state index in [-0.39, 0.29) is 11.7 Å². The zero-order valence-corrected chi connectivity index (χ0v) is 15.9. The van der Waals surface area contributed by atoms with Gasteiger partial charge in [0.15, 0.2) is 0 Å². The molecule has 134 valence electrons. The number of anilines is 1. The molecular weight excluding hydrogens is 372 g/mol. The summed E-state index contributed by atoms with van der Waals surface area (Å²) in [5.74, 6) is 0.983. The van der Waals surface area contributed by atoms with Crippen molar-refractivity contribution in [3.05, 3.63) is 53.6 Å². The average Bonchev–Trinajstić information content (AvgIpc) is 2.67. The molecule has 0 atom stereocenters. The first-order chi connectivity index (χ1) is 12.6. The second-order valence-corrected chi connectivity index (χ2v) is 6.77. The van der Waals surface area contributed by atoms with Gasteiger partial charge in [0.2, 0.25) is 5.91 Å². The Hall–Kier alpha value is -2.44. The number of nitrogens with zero attached hydrogens (tertiary/aromatic N) is 1. The average molecular weight is 389 g/mol. The molecule has 0 saturated heterocycles. The number of pyridine rings is 1. The molecule has 0 aliphatic heterocycles. The second-order valence-electron chi connectivity index (χ2n) is 5.37. The number of nitrogens with one attached hydrogen (secondary N) is 1. The van der Waals surface area contributed by atoms with Gasteiger partial charge in [-0.2, -0.15) is 0 Å². The molecule has 0 aliphatic carbocycles. The third-order valence-corrected chi connectivity index (χ3v) is 4.90. The minimum Gasteiger partial charge on any atom is -0.495 e. The molecule has 0 fully saturated rings. The first-order valence-corrected chi connectivity index (χ1v) is 9.17. The van der Waals surface area contributed by atoms with Crippen LogP contribution in [0.5, 0.6) is 11.5 Å². The Balaban J connectivity index is 1.68. The Morgan fingerprint density at radius 2 is 1.88 bits per heavy atom. The summed E-state index contributed by atoms with van der Waals surface area (Å²) in [5, 5.41) is 5.09. The molecule has 7 heteroatoms. The highest BCUT2D eigenvalue weighted by Crippen LogP contribution is 2.36. The number of hydrogen-bond donors (Lipinski definition) is 1. The number of methoxy groups -OCH3 is 2. The molecule has 1 heterocycles. The zero-order valence-electron chi connectivity index (χ0n) is 14.3. The fourth-order valence-corrected chi connectivity index (χ4v) is 3.32. The highest BCUT2D eigenvalue weighted by Gasteiger charge is 2.13. The van der Waals surface area contributed by atoms with Gasteiger partial charge in [-0.3, -0.25) is 4.79 Å². The monoisotopic (exact) mass is 388 g/mol.